The molecule has 4 nitrogen and oxygen atoms in total. The van der Waals surface area contributed by atoms with Crippen LogP contribution < -0.4 is 5.56 Å². The van der Waals surface area contributed by atoms with E-state index in [0.717, 1.165) is 16.8 Å². The summed E-state index contributed by atoms with van der Waals surface area (Å²) >= 11 is 5.90. The third-order valence-corrected chi connectivity index (χ3v) is 4.19. The van der Waals surface area contributed by atoms with Crippen LogP contribution in [0.15, 0.2) is 77.9 Å². The summed E-state index contributed by atoms with van der Waals surface area (Å²) in [6, 6.07) is 19.2. The van der Waals surface area contributed by atoms with Gasteiger partial charge in [0.25, 0.3) is 5.56 Å². The number of aromatic nitrogens is 3. The molecule has 2 heterocycles. The maximum absolute atomic E-state index is 12.7. The minimum Gasteiger partial charge on any atom is -0.308 e. The molecule has 0 bridgehead atoms. The maximum Gasteiger partial charge on any atom is 0.276 e. The molecule has 0 atom stereocenters. The Hall–Kier alpha value is -2.85. The highest BCUT2D eigenvalue weighted by atomic mass is 35.5. The maximum atomic E-state index is 12.7. The molecule has 4 aromatic rings. The number of nitrogens with zero attached hydrogens (tertiary/aromatic N) is 3. The predicted molar refractivity (Wildman–Crippen MR) is 95.4 cm³/mol. The molecule has 2 aromatic heterocycles. The van der Waals surface area contributed by atoms with Crippen LogP contribution in [0.5, 0.6) is 0 Å². The molecule has 0 saturated heterocycles. The van der Waals surface area contributed by atoms with Crippen LogP contribution in [0.25, 0.3) is 16.8 Å². The Balaban J connectivity index is 1.75. The van der Waals surface area contributed by atoms with Crippen LogP contribution in [0, 0.1) is 0 Å². The van der Waals surface area contributed by atoms with E-state index in [4.69, 9.17) is 11.6 Å². The van der Waals surface area contributed by atoms with Gasteiger partial charge in [0.2, 0.25) is 0 Å². The highest BCUT2D eigenvalue weighted by Gasteiger charge is 2.09. The van der Waals surface area contributed by atoms with E-state index in [0.29, 0.717) is 17.1 Å². The van der Waals surface area contributed by atoms with Gasteiger partial charge in [-0.25, -0.2) is 4.52 Å². The number of halogens is 1. The normalized spacial score (nSPS) is 11.0. The summed E-state index contributed by atoms with van der Waals surface area (Å²) in [6.07, 6.45) is 3.56. The molecule has 0 N–H and O–H groups in total. The molecule has 5 heteroatoms. The van der Waals surface area contributed by atoms with Gasteiger partial charge < -0.3 is 4.57 Å². The Bertz CT molecular complexity index is 1050. The summed E-state index contributed by atoms with van der Waals surface area (Å²) in [5.74, 6) is 0. The Morgan fingerprint density at radius 3 is 2.46 bits per heavy atom. The molecular formula is C19H14ClN3O. The Morgan fingerprint density at radius 1 is 0.958 bits per heavy atom. The molecule has 0 saturated carbocycles. The first kappa shape index (κ1) is 14.7. The van der Waals surface area contributed by atoms with Crippen LogP contribution in [-0.4, -0.2) is 14.2 Å². The van der Waals surface area contributed by atoms with Gasteiger partial charge in [0.1, 0.15) is 5.52 Å². The monoisotopic (exact) mass is 335 g/mol. The smallest absolute Gasteiger partial charge is 0.276 e. The van der Waals surface area contributed by atoms with Gasteiger partial charge in [-0.1, -0.05) is 54.1 Å². The summed E-state index contributed by atoms with van der Waals surface area (Å²) in [5, 5.41) is 5.17. The number of hydrogen-bond donors (Lipinski definition) is 0. The van der Waals surface area contributed by atoms with Crippen molar-refractivity contribution in [2.24, 2.45) is 0 Å². The van der Waals surface area contributed by atoms with Crippen LogP contribution in [0.3, 0.4) is 0 Å². The second-order valence-electron chi connectivity index (χ2n) is 5.58. The summed E-state index contributed by atoms with van der Waals surface area (Å²) < 4.78 is 3.30. The van der Waals surface area contributed by atoms with Crippen LogP contribution in [0.1, 0.15) is 5.56 Å². The van der Waals surface area contributed by atoms with Crippen molar-refractivity contribution in [2.75, 3.05) is 0 Å². The largest absolute Gasteiger partial charge is 0.308 e. The second kappa shape index (κ2) is 5.98. The zero-order chi connectivity index (χ0) is 16.5. The number of hydrogen-bond acceptors (Lipinski definition) is 2. The van der Waals surface area contributed by atoms with Crippen molar-refractivity contribution in [1.82, 2.24) is 14.2 Å². The molecule has 0 unspecified atom stereocenters. The minimum atomic E-state index is -0.0675. The molecule has 0 aliphatic heterocycles. The molecule has 118 valence electrons. The van der Waals surface area contributed by atoms with Crippen molar-refractivity contribution in [2.45, 2.75) is 6.54 Å². The highest BCUT2D eigenvalue weighted by molar-refractivity contribution is 6.30. The molecule has 0 fully saturated rings. The van der Waals surface area contributed by atoms with Gasteiger partial charge in [-0.2, -0.15) is 5.10 Å². The first-order valence-electron chi connectivity index (χ1n) is 7.59. The topological polar surface area (TPSA) is 39.3 Å². The van der Waals surface area contributed by atoms with Gasteiger partial charge >= 0.3 is 0 Å². The molecule has 0 amide bonds. The van der Waals surface area contributed by atoms with E-state index in [1.54, 1.807) is 21.5 Å². The van der Waals surface area contributed by atoms with E-state index in [-0.39, 0.29) is 5.56 Å². The molecule has 2 aromatic carbocycles. The molecule has 0 aliphatic rings. The lowest BCUT2D eigenvalue weighted by Crippen LogP contribution is -2.21. The van der Waals surface area contributed by atoms with E-state index in [1.807, 2.05) is 60.7 Å². The fraction of sp³-hybridized carbons (Fsp3) is 0.0526. The van der Waals surface area contributed by atoms with Gasteiger partial charge in [-0.3, -0.25) is 4.79 Å². The highest BCUT2D eigenvalue weighted by Crippen LogP contribution is 2.18. The molecule has 24 heavy (non-hydrogen) atoms. The zero-order valence-corrected chi connectivity index (χ0v) is 13.5. The molecular weight excluding hydrogens is 322 g/mol. The van der Waals surface area contributed by atoms with E-state index in [1.165, 1.54) is 0 Å². The average Bonchev–Trinajstić information content (AvgIpc) is 3.05. The van der Waals surface area contributed by atoms with Crippen molar-refractivity contribution < 1.29 is 0 Å². The third-order valence-electron chi connectivity index (χ3n) is 3.94. The molecule has 0 aliphatic carbocycles. The van der Waals surface area contributed by atoms with Crippen molar-refractivity contribution in [1.29, 1.82) is 0 Å². The van der Waals surface area contributed by atoms with Crippen LogP contribution in [0.4, 0.5) is 0 Å². The lowest BCUT2D eigenvalue weighted by molar-refractivity contribution is 0.743. The van der Waals surface area contributed by atoms with Gasteiger partial charge in [-0.05, 0) is 23.8 Å². The van der Waals surface area contributed by atoms with E-state index in [2.05, 4.69) is 5.10 Å². The van der Waals surface area contributed by atoms with Crippen LogP contribution >= 0.6 is 11.6 Å². The van der Waals surface area contributed by atoms with Crippen molar-refractivity contribution in [3.63, 3.8) is 0 Å². The van der Waals surface area contributed by atoms with Crippen molar-refractivity contribution in [3.8, 4) is 11.3 Å². The number of rotatable bonds is 3. The second-order valence-corrected chi connectivity index (χ2v) is 6.02. The fourth-order valence-corrected chi connectivity index (χ4v) is 2.81. The van der Waals surface area contributed by atoms with Crippen molar-refractivity contribution >= 4 is 17.1 Å². The van der Waals surface area contributed by atoms with Gasteiger partial charge in [0.05, 0.1) is 12.2 Å². The lowest BCUT2D eigenvalue weighted by Gasteiger charge is -2.06. The summed E-state index contributed by atoms with van der Waals surface area (Å²) in [5.41, 5.74) is 3.29. The van der Waals surface area contributed by atoms with Gasteiger partial charge in [0.15, 0.2) is 0 Å². The standard InChI is InChI=1S/C19H14ClN3O/c20-16-8-6-14(7-9-16)13-22-10-11-23-18(19(22)24)12-17(21-23)15-4-2-1-3-5-15/h1-12H,13H2. The lowest BCUT2D eigenvalue weighted by atomic mass is 10.1. The summed E-state index contributed by atoms with van der Waals surface area (Å²) in [7, 11) is 0. The van der Waals surface area contributed by atoms with Gasteiger partial charge in [0, 0.05) is 23.0 Å². The quantitative estimate of drug-likeness (QED) is 0.570. The Kier molecular flexibility index (Phi) is 3.67. The minimum absolute atomic E-state index is 0.0675. The number of benzene rings is 2. The van der Waals surface area contributed by atoms with E-state index >= 15 is 0 Å². The summed E-state index contributed by atoms with van der Waals surface area (Å²) in [4.78, 5) is 12.7. The average molecular weight is 336 g/mol. The first-order chi connectivity index (χ1) is 11.7. The SMILES string of the molecule is O=c1c2cc(-c3ccccc3)nn2ccn1Cc1ccc(Cl)cc1. The molecule has 4 rings (SSSR count). The summed E-state index contributed by atoms with van der Waals surface area (Å²) in [6.45, 7) is 0.498. The predicted octanol–water partition coefficient (Wildman–Crippen LogP) is 3.86. The Labute approximate surface area is 143 Å². The Morgan fingerprint density at radius 2 is 1.71 bits per heavy atom. The number of fused-ring (bicyclic) bond motifs is 1. The van der Waals surface area contributed by atoms with Crippen molar-refractivity contribution in [3.05, 3.63) is 94.0 Å². The fourth-order valence-electron chi connectivity index (χ4n) is 2.69. The first-order valence-corrected chi connectivity index (χ1v) is 7.97. The zero-order valence-electron chi connectivity index (χ0n) is 12.8. The third kappa shape index (κ3) is 2.72. The van der Waals surface area contributed by atoms with Crippen LogP contribution in [0.2, 0.25) is 5.02 Å². The van der Waals surface area contributed by atoms with E-state index < -0.39 is 0 Å². The van der Waals surface area contributed by atoms with Crippen LogP contribution in [-0.2, 0) is 6.54 Å². The molecule has 0 spiro atoms. The molecule has 0 radical (unpaired) electrons. The van der Waals surface area contributed by atoms with Gasteiger partial charge in [-0.15, -0.1) is 0 Å². The van der Waals surface area contributed by atoms with E-state index in [9.17, 15) is 4.79 Å².